The van der Waals surface area contributed by atoms with Gasteiger partial charge in [-0.1, -0.05) is 30.3 Å². The van der Waals surface area contributed by atoms with E-state index in [1.54, 1.807) is 0 Å². The Kier molecular flexibility index (Phi) is 8.42. The van der Waals surface area contributed by atoms with Crippen LogP contribution in [-0.2, 0) is 4.79 Å². The summed E-state index contributed by atoms with van der Waals surface area (Å²) in [6.07, 6.45) is 0.999. The number of hydrogen-bond acceptors (Lipinski definition) is 4. The number of halogens is 1. The van der Waals surface area contributed by atoms with Crippen LogP contribution in [-0.4, -0.2) is 54.3 Å². The molecule has 1 amide bonds. The van der Waals surface area contributed by atoms with Crippen molar-refractivity contribution >= 4 is 35.9 Å². The number of carbonyl (C=O) groups is 2. The lowest BCUT2D eigenvalue weighted by molar-refractivity contribution is -0.128. The van der Waals surface area contributed by atoms with E-state index >= 15 is 0 Å². The van der Waals surface area contributed by atoms with Gasteiger partial charge < -0.3 is 10.2 Å². The van der Waals surface area contributed by atoms with Gasteiger partial charge in [-0.25, -0.2) is 0 Å². The molecular formula is C15H21ClN2O2S. The van der Waals surface area contributed by atoms with Crippen molar-refractivity contribution in [1.29, 1.82) is 0 Å². The van der Waals surface area contributed by atoms with Gasteiger partial charge in [0.25, 0.3) is 0 Å². The lowest BCUT2D eigenvalue weighted by Crippen LogP contribution is -2.35. The van der Waals surface area contributed by atoms with Gasteiger partial charge in [-0.3, -0.25) is 9.59 Å². The van der Waals surface area contributed by atoms with Crippen molar-refractivity contribution in [2.75, 3.05) is 37.7 Å². The van der Waals surface area contributed by atoms with Crippen LogP contribution in [0.5, 0.6) is 0 Å². The van der Waals surface area contributed by atoms with Gasteiger partial charge in [0, 0.05) is 25.2 Å². The Morgan fingerprint density at radius 2 is 1.86 bits per heavy atom. The van der Waals surface area contributed by atoms with Crippen LogP contribution in [0.3, 0.4) is 0 Å². The van der Waals surface area contributed by atoms with Gasteiger partial charge in [0.2, 0.25) is 5.91 Å². The molecule has 0 spiro atoms. The topological polar surface area (TPSA) is 49.4 Å². The molecule has 0 bridgehead atoms. The number of carbonyl (C=O) groups excluding carboxylic acids is 2. The maximum atomic E-state index is 12.0. The molecule has 1 aliphatic rings. The maximum absolute atomic E-state index is 12.0. The molecule has 0 unspecified atom stereocenters. The zero-order valence-electron chi connectivity index (χ0n) is 11.9. The van der Waals surface area contributed by atoms with Crippen molar-refractivity contribution < 1.29 is 9.59 Å². The summed E-state index contributed by atoms with van der Waals surface area (Å²) in [5.41, 5.74) is 0.714. The SMILES string of the molecule is Cl.O=C(CSCC(=O)N1CCCNCC1)c1ccccc1. The lowest BCUT2D eigenvalue weighted by atomic mass is 10.2. The van der Waals surface area contributed by atoms with Crippen molar-refractivity contribution in [3.8, 4) is 0 Å². The summed E-state index contributed by atoms with van der Waals surface area (Å²) in [4.78, 5) is 25.8. The largest absolute Gasteiger partial charge is 0.341 e. The normalized spacial score (nSPS) is 15.0. The quantitative estimate of drug-likeness (QED) is 0.838. The van der Waals surface area contributed by atoms with Crippen LogP contribution in [0.15, 0.2) is 30.3 Å². The standard InChI is InChI=1S/C15H20N2O2S.ClH/c18-14(13-5-2-1-3-6-13)11-20-12-15(19)17-9-4-7-16-8-10-17;/h1-3,5-6,16H,4,7-12H2;1H. The van der Waals surface area contributed by atoms with Crippen molar-refractivity contribution in [1.82, 2.24) is 10.2 Å². The van der Waals surface area contributed by atoms with E-state index in [-0.39, 0.29) is 24.1 Å². The second-order valence-corrected chi connectivity index (χ2v) is 5.75. The van der Waals surface area contributed by atoms with Crippen LogP contribution in [0.2, 0.25) is 0 Å². The number of nitrogens with zero attached hydrogens (tertiary/aromatic N) is 1. The van der Waals surface area contributed by atoms with Gasteiger partial charge in [-0.05, 0) is 13.0 Å². The average molecular weight is 329 g/mol. The Labute approximate surface area is 136 Å². The van der Waals surface area contributed by atoms with E-state index in [0.717, 1.165) is 32.6 Å². The number of thioether (sulfide) groups is 1. The number of Topliss-reactive ketones (excluding diaryl/α,β-unsaturated/α-hetero) is 1. The molecule has 1 heterocycles. The minimum absolute atomic E-state index is 0. The first-order chi connectivity index (χ1) is 9.77. The molecule has 0 radical (unpaired) electrons. The predicted molar refractivity (Wildman–Crippen MR) is 89.4 cm³/mol. The fourth-order valence-corrected chi connectivity index (χ4v) is 2.94. The summed E-state index contributed by atoms with van der Waals surface area (Å²) in [6.45, 7) is 3.42. The van der Waals surface area contributed by atoms with Crippen LogP contribution in [0, 0.1) is 0 Å². The Bertz CT molecular complexity index is 448. The summed E-state index contributed by atoms with van der Waals surface area (Å²) >= 11 is 1.40. The van der Waals surface area contributed by atoms with Gasteiger partial charge in [-0.15, -0.1) is 24.2 Å². The fourth-order valence-electron chi connectivity index (χ4n) is 2.12. The highest BCUT2D eigenvalue weighted by Crippen LogP contribution is 2.09. The predicted octanol–water partition coefficient (Wildman–Crippen LogP) is 1.85. The highest BCUT2D eigenvalue weighted by atomic mass is 35.5. The summed E-state index contributed by atoms with van der Waals surface area (Å²) in [7, 11) is 0. The smallest absolute Gasteiger partial charge is 0.232 e. The number of ketones is 1. The van der Waals surface area contributed by atoms with Crippen LogP contribution in [0.4, 0.5) is 0 Å². The molecule has 1 aromatic carbocycles. The number of benzene rings is 1. The van der Waals surface area contributed by atoms with Crippen molar-refractivity contribution in [3.63, 3.8) is 0 Å². The second-order valence-electron chi connectivity index (χ2n) is 4.77. The zero-order chi connectivity index (χ0) is 14.2. The minimum atomic E-state index is 0. The molecule has 1 fully saturated rings. The maximum Gasteiger partial charge on any atom is 0.232 e. The fraction of sp³-hybridized carbons (Fsp3) is 0.467. The summed E-state index contributed by atoms with van der Waals surface area (Å²) < 4.78 is 0. The van der Waals surface area contributed by atoms with E-state index in [0.29, 0.717) is 17.1 Å². The van der Waals surface area contributed by atoms with Gasteiger partial charge in [0.05, 0.1) is 11.5 Å². The van der Waals surface area contributed by atoms with E-state index in [9.17, 15) is 9.59 Å². The molecule has 1 aliphatic heterocycles. The zero-order valence-corrected chi connectivity index (χ0v) is 13.5. The summed E-state index contributed by atoms with van der Waals surface area (Å²) in [5.74, 6) is 0.973. The molecule has 21 heavy (non-hydrogen) atoms. The number of amides is 1. The minimum Gasteiger partial charge on any atom is -0.341 e. The lowest BCUT2D eigenvalue weighted by Gasteiger charge is -2.19. The van der Waals surface area contributed by atoms with Gasteiger partial charge >= 0.3 is 0 Å². The first-order valence-electron chi connectivity index (χ1n) is 6.92. The van der Waals surface area contributed by atoms with Crippen LogP contribution in [0.1, 0.15) is 16.8 Å². The molecule has 4 nitrogen and oxygen atoms in total. The van der Waals surface area contributed by atoms with E-state index in [2.05, 4.69) is 5.32 Å². The van der Waals surface area contributed by atoms with Crippen LogP contribution >= 0.6 is 24.2 Å². The van der Waals surface area contributed by atoms with Gasteiger partial charge in [0.15, 0.2) is 5.78 Å². The Morgan fingerprint density at radius 3 is 2.62 bits per heavy atom. The molecule has 0 atom stereocenters. The number of hydrogen-bond donors (Lipinski definition) is 1. The third-order valence-electron chi connectivity index (χ3n) is 3.25. The molecule has 6 heteroatoms. The molecule has 0 aromatic heterocycles. The summed E-state index contributed by atoms with van der Waals surface area (Å²) in [5, 5.41) is 3.27. The molecule has 0 saturated carbocycles. The molecule has 1 saturated heterocycles. The van der Waals surface area contributed by atoms with Gasteiger partial charge in [-0.2, -0.15) is 0 Å². The highest BCUT2D eigenvalue weighted by molar-refractivity contribution is 8.00. The van der Waals surface area contributed by atoms with E-state index in [1.165, 1.54) is 11.8 Å². The van der Waals surface area contributed by atoms with Crippen molar-refractivity contribution in [2.24, 2.45) is 0 Å². The monoisotopic (exact) mass is 328 g/mol. The first kappa shape index (κ1) is 18.0. The molecule has 1 N–H and O–H groups in total. The molecule has 2 rings (SSSR count). The number of nitrogens with one attached hydrogen (secondary N) is 1. The molecular weight excluding hydrogens is 308 g/mol. The van der Waals surface area contributed by atoms with Crippen molar-refractivity contribution in [3.05, 3.63) is 35.9 Å². The third kappa shape index (κ3) is 6.08. The van der Waals surface area contributed by atoms with Crippen LogP contribution in [0.25, 0.3) is 0 Å². The Balaban J connectivity index is 0.00000220. The molecule has 116 valence electrons. The molecule has 1 aromatic rings. The molecule has 0 aliphatic carbocycles. The highest BCUT2D eigenvalue weighted by Gasteiger charge is 2.15. The average Bonchev–Trinajstić information content (AvgIpc) is 2.77. The van der Waals surface area contributed by atoms with Crippen molar-refractivity contribution in [2.45, 2.75) is 6.42 Å². The van der Waals surface area contributed by atoms with E-state index in [4.69, 9.17) is 0 Å². The third-order valence-corrected chi connectivity index (χ3v) is 4.16. The van der Waals surface area contributed by atoms with Crippen LogP contribution < -0.4 is 5.32 Å². The Morgan fingerprint density at radius 1 is 1.10 bits per heavy atom. The Hall–Kier alpha value is -1.04. The first-order valence-corrected chi connectivity index (χ1v) is 8.07. The van der Waals surface area contributed by atoms with E-state index in [1.807, 2.05) is 35.2 Å². The van der Waals surface area contributed by atoms with Gasteiger partial charge in [0.1, 0.15) is 0 Å². The summed E-state index contributed by atoms with van der Waals surface area (Å²) in [6, 6.07) is 9.22. The van der Waals surface area contributed by atoms with E-state index < -0.39 is 0 Å². The second kappa shape index (κ2) is 9.82. The number of rotatable bonds is 5.